The maximum absolute atomic E-state index is 12.9. The van der Waals surface area contributed by atoms with E-state index in [1.165, 1.54) is 135 Å². The van der Waals surface area contributed by atoms with Crippen molar-refractivity contribution in [3.8, 4) is 0 Å². The van der Waals surface area contributed by atoms with E-state index in [4.69, 9.17) is 43.0 Å². The smallest absolute Gasteiger partial charge is 0.306 e. The molecule has 0 heterocycles. The minimum Gasteiger partial charge on any atom is -0.462 e. The van der Waals surface area contributed by atoms with Crippen molar-refractivity contribution in [2.75, 3.05) is 79.3 Å². The van der Waals surface area contributed by atoms with E-state index in [0.717, 1.165) is 109 Å². The molecule has 0 aromatic rings. The van der Waals surface area contributed by atoms with Crippen LogP contribution in [0.2, 0.25) is 0 Å². The Bertz CT molecular complexity index is 1050. The van der Waals surface area contributed by atoms with Gasteiger partial charge in [-0.05, 0) is 77.0 Å². The van der Waals surface area contributed by atoms with Crippen LogP contribution in [-0.2, 0) is 47.5 Å². The summed E-state index contributed by atoms with van der Waals surface area (Å²) in [5.41, 5.74) is 0. The van der Waals surface area contributed by atoms with Crippen LogP contribution in [-0.4, -0.2) is 115 Å². The summed E-state index contributed by atoms with van der Waals surface area (Å²) in [7, 11) is 0. The van der Waals surface area contributed by atoms with E-state index < -0.39 is 0 Å². The van der Waals surface area contributed by atoms with Gasteiger partial charge in [0, 0.05) is 26.1 Å². The van der Waals surface area contributed by atoms with Crippen molar-refractivity contribution in [2.45, 2.75) is 303 Å². The number of aliphatic hydroxyl groups is 1. The Morgan fingerprint density at radius 3 is 0.972 bits per heavy atom. The number of hydrogen-bond acceptors (Lipinski definition) is 11. The van der Waals surface area contributed by atoms with Gasteiger partial charge in [-0.1, -0.05) is 195 Å². The molecule has 0 aromatic heterocycles. The van der Waals surface area contributed by atoms with Gasteiger partial charge in [-0.2, -0.15) is 0 Å². The van der Waals surface area contributed by atoms with Crippen LogP contribution in [0.15, 0.2) is 0 Å². The fraction of sp³-hybridized carbons (Fsp3) is 0.967. The summed E-state index contributed by atoms with van der Waals surface area (Å²) in [6.07, 6.45) is 45.6. The van der Waals surface area contributed by atoms with Crippen LogP contribution in [0.3, 0.4) is 0 Å². The number of rotatable bonds is 62. The standard InChI is InChI=1S/C61H120O11/c1-5-9-13-17-20-26-34-42-57(39-31-23-16-12-8-4)71-60(63)43-35-27-21-29-37-46-68-55-59(56-69-54-53-67-52-51-66-50-49-65-48-45-62)70-47-38-30-22-28-36-44-61(64)72-58(40-32-24-18-14-10-6-2)41-33-25-19-15-11-7-3/h57-59,62H,5-56H2,1-4H3. The number of hydrogen-bond donors (Lipinski definition) is 1. The van der Waals surface area contributed by atoms with Crippen molar-refractivity contribution in [3.63, 3.8) is 0 Å². The third-order valence-corrected chi connectivity index (χ3v) is 13.6. The van der Waals surface area contributed by atoms with Gasteiger partial charge in [0.1, 0.15) is 18.3 Å². The molecule has 0 amide bonds. The van der Waals surface area contributed by atoms with Crippen molar-refractivity contribution in [2.24, 2.45) is 0 Å². The van der Waals surface area contributed by atoms with Gasteiger partial charge in [0.25, 0.3) is 0 Å². The highest BCUT2D eigenvalue weighted by Gasteiger charge is 2.16. The fourth-order valence-electron chi connectivity index (χ4n) is 9.08. The number of aliphatic hydroxyl groups excluding tert-OH is 1. The quantitative estimate of drug-likeness (QED) is 0.0462. The Hall–Kier alpha value is -1.34. The number of ether oxygens (including phenoxy) is 8. The molecular weight excluding hydrogens is 909 g/mol. The third-order valence-electron chi connectivity index (χ3n) is 13.6. The third kappa shape index (κ3) is 54.9. The maximum Gasteiger partial charge on any atom is 0.306 e. The molecule has 0 bridgehead atoms. The predicted molar refractivity (Wildman–Crippen MR) is 298 cm³/mol. The monoisotopic (exact) mass is 1030 g/mol. The highest BCUT2D eigenvalue weighted by molar-refractivity contribution is 5.69. The van der Waals surface area contributed by atoms with Gasteiger partial charge in [0.15, 0.2) is 0 Å². The number of carbonyl (C=O) groups excluding carboxylic acids is 2. The number of esters is 2. The van der Waals surface area contributed by atoms with Gasteiger partial charge >= 0.3 is 11.9 Å². The Morgan fingerprint density at radius 2 is 0.597 bits per heavy atom. The van der Waals surface area contributed by atoms with Gasteiger partial charge in [0.05, 0.1) is 66.1 Å². The van der Waals surface area contributed by atoms with Crippen molar-refractivity contribution < 1.29 is 52.6 Å². The van der Waals surface area contributed by atoms with Crippen LogP contribution in [0.4, 0.5) is 0 Å². The lowest BCUT2D eigenvalue weighted by Crippen LogP contribution is -2.27. The Morgan fingerprint density at radius 1 is 0.306 bits per heavy atom. The van der Waals surface area contributed by atoms with Crippen molar-refractivity contribution >= 4 is 11.9 Å². The minimum absolute atomic E-state index is 0.0106. The van der Waals surface area contributed by atoms with Gasteiger partial charge in [-0.15, -0.1) is 0 Å². The summed E-state index contributed by atoms with van der Waals surface area (Å²) in [5, 5.41) is 8.79. The molecule has 1 N–H and O–H groups in total. The molecule has 0 saturated heterocycles. The van der Waals surface area contributed by atoms with Crippen LogP contribution in [0.1, 0.15) is 285 Å². The van der Waals surface area contributed by atoms with E-state index >= 15 is 0 Å². The topological polar surface area (TPSA) is 128 Å². The highest BCUT2D eigenvalue weighted by Crippen LogP contribution is 2.20. The molecule has 0 aliphatic carbocycles. The zero-order valence-electron chi connectivity index (χ0n) is 48.0. The second kappa shape index (κ2) is 60.5. The molecule has 0 saturated carbocycles. The first kappa shape index (κ1) is 70.7. The van der Waals surface area contributed by atoms with Crippen molar-refractivity contribution in [1.82, 2.24) is 0 Å². The lowest BCUT2D eigenvalue weighted by molar-refractivity contribution is -0.151. The molecule has 430 valence electrons. The molecule has 0 spiro atoms. The molecule has 0 aliphatic heterocycles. The average Bonchev–Trinajstić information content (AvgIpc) is 3.38. The molecule has 2 unspecified atom stereocenters. The largest absolute Gasteiger partial charge is 0.462 e. The molecule has 0 fully saturated rings. The molecule has 11 nitrogen and oxygen atoms in total. The second-order valence-electron chi connectivity index (χ2n) is 20.7. The van der Waals surface area contributed by atoms with E-state index in [1.807, 2.05) is 0 Å². The van der Waals surface area contributed by atoms with E-state index in [9.17, 15) is 9.59 Å². The molecule has 11 heteroatoms. The van der Waals surface area contributed by atoms with E-state index in [0.29, 0.717) is 85.5 Å². The van der Waals surface area contributed by atoms with E-state index in [1.54, 1.807) is 0 Å². The first-order valence-corrected chi connectivity index (χ1v) is 31.0. The lowest BCUT2D eigenvalue weighted by Gasteiger charge is -2.19. The lowest BCUT2D eigenvalue weighted by atomic mass is 10.0. The predicted octanol–water partition coefficient (Wildman–Crippen LogP) is 16.0. The molecule has 0 aromatic carbocycles. The van der Waals surface area contributed by atoms with Gasteiger partial charge in [-0.3, -0.25) is 9.59 Å². The fourth-order valence-corrected chi connectivity index (χ4v) is 9.08. The summed E-state index contributed by atoms with van der Waals surface area (Å²) in [6.45, 7) is 14.5. The minimum atomic E-state index is -0.153. The normalized spacial score (nSPS) is 12.5. The van der Waals surface area contributed by atoms with Gasteiger partial charge < -0.3 is 43.0 Å². The summed E-state index contributed by atoms with van der Waals surface area (Å²) in [5.74, 6) is -0.0242. The molecule has 0 aliphatic rings. The average molecular weight is 1030 g/mol. The zero-order chi connectivity index (χ0) is 52.3. The van der Waals surface area contributed by atoms with Crippen LogP contribution >= 0.6 is 0 Å². The summed E-state index contributed by atoms with van der Waals surface area (Å²) >= 11 is 0. The summed E-state index contributed by atoms with van der Waals surface area (Å²) in [6, 6.07) is 0. The number of carbonyl (C=O) groups is 2. The second-order valence-corrected chi connectivity index (χ2v) is 20.7. The van der Waals surface area contributed by atoms with Crippen LogP contribution in [0.25, 0.3) is 0 Å². The Balaban J connectivity index is 4.60. The zero-order valence-corrected chi connectivity index (χ0v) is 48.0. The SMILES string of the molecule is CCCCCCCCCC(CCCCCCC)OC(=O)CCCCCCCOCC(COCCOCCOCCOCCO)OCCCCCCCC(=O)OC(CCCCCCCC)CCCCCCCC. The van der Waals surface area contributed by atoms with Gasteiger partial charge in [-0.25, -0.2) is 0 Å². The Labute approximate surface area is 445 Å². The molecule has 2 atom stereocenters. The maximum atomic E-state index is 12.9. The molecular formula is C61H120O11. The van der Waals surface area contributed by atoms with Crippen molar-refractivity contribution in [1.29, 1.82) is 0 Å². The van der Waals surface area contributed by atoms with Crippen molar-refractivity contribution in [3.05, 3.63) is 0 Å². The van der Waals surface area contributed by atoms with Crippen LogP contribution < -0.4 is 0 Å². The molecule has 0 rings (SSSR count). The number of unbranched alkanes of at least 4 members (excludes halogenated alkanes) is 28. The first-order chi connectivity index (χ1) is 35.5. The van der Waals surface area contributed by atoms with E-state index in [2.05, 4.69) is 27.7 Å². The van der Waals surface area contributed by atoms with Crippen LogP contribution in [0, 0.1) is 0 Å². The Kier molecular flexibility index (Phi) is 59.4. The highest BCUT2D eigenvalue weighted by atomic mass is 16.6. The summed E-state index contributed by atoms with van der Waals surface area (Å²) < 4.78 is 46.8. The summed E-state index contributed by atoms with van der Waals surface area (Å²) in [4.78, 5) is 25.7. The van der Waals surface area contributed by atoms with E-state index in [-0.39, 0.29) is 36.9 Å². The molecule has 0 radical (unpaired) electrons. The van der Waals surface area contributed by atoms with Gasteiger partial charge in [0.2, 0.25) is 0 Å². The molecule has 72 heavy (non-hydrogen) atoms. The first-order valence-electron chi connectivity index (χ1n) is 31.0. The van der Waals surface area contributed by atoms with Crippen LogP contribution in [0.5, 0.6) is 0 Å².